The van der Waals surface area contributed by atoms with Crippen LogP contribution in [-0.2, 0) is 11.2 Å². The molecule has 2 heterocycles. The molecule has 6 nitrogen and oxygen atoms in total. The number of aryl methyl sites for hydroxylation is 2. The van der Waals surface area contributed by atoms with E-state index in [1.807, 2.05) is 55.6 Å². The fraction of sp³-hybridized carbons (Fsp3) is 0.240. The summed E-state index contributed by atoms with van der Waals surface area (Å²) in [6, 6.07) is 15.0. The summed E-state index contributed by atoms with van der Waals surface area (Å²) in [5.74, 6) is 0.602. The van der Waals surface area contributed by atoms with Crippen molar-refractivity contribution in [1.29, 1.82) is 0 Å². The highest BCUT2D eigenvalue weighted by atomic mass is 32.2. The molecule has 0 saturated heterocycles. The Kier molecular flexibility index (Phi) is 7.65. The lowest BCUT2D eigenvalue weighted by Crippen LogP contribution is -2.23. The zero-order valence-electron chi connectivity index (χ0n) is 19.4. The molecule has 2 aromatic heterocycles. The number of hydrogen-bond donors (Lipinski definition) is 1. The molecule has 0 aliphatic heterocycles. The molecule has 1 amide bonds. The van der Waals surface area contributed by atoms with Gasteiger partial charge in [-0.25, -0.2) is 4.98 Å². The third-order valence-electron chi connectivity index (χ3n) is 5.35. The molecule has 9 heteroatoms. The Morgan fingerprint density at radius 3 is 2.74 bits per heavy atom. The van der Waals surface area contributed by atoms with Gasteiger partial charge in [-0.1, -0.05) is 30.8 Å². The molecular formula is C25H25N3O3S3. The minimum Gasteiger partial charge on any atom is -0.497 e. The number of carbonyl (C=O) groups excluding carboxylic acids is 1. The van der Waals surface area contributed by atoms with Crippen molar-refractivity contribution in [3.05, 3.63) is 69.3 Å². The Bertz CT molecular complexity index is 1410. The van der Waals surface area contributed by atoms with Crippen LogP contribution in [0.2, 0.25) is 0 Å². The van der Waals surface area contributed by atoms with E-state index < -0.39 is 0 Å². The Morgan fingerprint density at radius 2 is 2.00 bits per heavy atom. The van der Waals surface area contributed by atoms with Crippen LogP contribution in [0, 0.1) is 6.92 Å². The van der Waals surface area contributed by atoms with E-state index in [0.717, 1.165) is 27.4 Å². The predicted octanol–water partition coefficient (Wildman–Crippen LogP) is 5.78. The fourth-order valence-corrected chi connectivity index (χ4v) is 6.08. The van der Waals surface area contributed by atoms with E-state index in [0.29, 0.717) is 26.8 Å². The quantitative estimate of drug-likeness (QED) is 0.239. The van der Waals surface area contributed by atoms with Crippen molar-refractivity contribution >= 4 is 56.7 Å². The highest BCUT2D eigenvalue weighted by molar-refractivity contribution is 7.99. The number of amides is 1. The second kappa shape index (κ2) is 10.7. The molecule has 0 aliphatic rings. The van der Waals surface area contributed by atoms with Crippen LogP contribution in [0.5, 0.6) is 5.75 Å². The Labute approximate surface area is 210 Å². The lowest BCUT2D eigenvalue weighted by atomic mass is 10.2. The molecule has 176 valence electrons. The number of aromatic nitrogens is 2. The van der Waals surface area contributed by atoms with E-state index in [2.05, 4.69) is 12.2 Å². The number of benzene rings is 2. The molecule has 0 unspecified atom stereocenters. The molecule has 0 saturated carbocycles. The SMILES string of the molecule is CCc1sc2nc(SCC(=O)Nc3cccc(SC)c3)n(-c3cccc(OC)c3)c(=O)c2c1C. The van der Waals surface area contributed by atoms with Crippen molar-refractivity contribution < 1.29 is 9.53 Å². The van der Waals surface area contributed by atoms with Crippen molar-refractivity contribution in [2.24, 2.45) is 0 Å². The number of methoxy groups -OCH3 is 1. The fourth-order valence-electron chi connectivity index (χ4n) is 3.65. The maximum Gasteiger partial charge on any atom is 0.267 e. The summed E-state index contributed by atoms with van der Waals surface area (Å²) in [7, 11) is 1.59. The van der Waals surface area contributed by atoms with Gasteiger partial charge in [-0.05, 0) is 55.5 Å². The maximum atomic E-state index is 13.7. The van der Waals surface area contributed by atoms with E-state index in [9.17, 15) is 9.59 Å². The number of rotatable bonds is 8. The van der Waals surface area contributed by atoms with Gasteiger partial charge in [0.05, 0.1) is 23.9 Å². The number of anilines is 1. The number of hydrogen-bond acceptors (Lipinski definition) is 7. The number of thiophene rings is 1. The van der Waals surface area contributed by atoms with Crippen LogP contribution in [0.1, 0.15) is 17.4 Å². The van der Waals surface area contributed by atoms with E-state index in [-0.39, 0.29) is 17.2 Å². The standard InChI is InChI=1S/C25H25N3O3S3/c1-5-20-15(2)22-23(34-20)27-25(28(24(22)30)17-9-7-10-18(13-17)31-3)33-14-21(29)26-16-8-6-11-19(12-16)32-4/h6-13H,5,14H2,1-4H3,(H,26,29). The van der Waals surface area contributed by atoms with Gasteiger partial charge in [0.25, 0.3) is 5.56 Å². The lowest BCUT2D eigenvalue weighted by Gasteiger charge is -2.13. The lowest BCUT2D eigenvalue weighted by molar-refractivity contribution is -0.113. The van der Waals surface area contributed by atoms with Crippen LogP contribution < -0.4 is 15.6 Å². The third-order valence-corrected chi connectivity index (χ3v) is 8.34. The van der Waals surface area contributed by atoms with Crippen molar-refractivity contribution in [2.45, 2.75) is 30.3 Å². The monoisotopic (exact) mass is 511 g/mol. The van der Waals surface area contributed by atoms with E-state index in [1.165, 1.54) is 23.1 Å². The molecule has 4 rings (SSSR count). The van der Waals surface area contributed by atoms with Crippen LogP contribution in [0.4, 0.5) is 5.69 Å². The van der Waals surface area contributed by atoms with Gasteiger partial charge in [-0.2, -0.15) is 0 Å². The van der Waals surface area contributed by atoms with Crippen molar-refractivity contribution in [2.75, 3.05) is 24.4 Å². The number of carbonyl (C=O) groups is 1. The molecule has 0 radical (unpaired) electrons. The minimum absolute atomic E-state index is 0.121. The van der Waals surface area contributed by atoms with E-state index in [4.69, 9.17) is 9.72 Å². The summed E-state index contributed by atoms with van der Waals surface area (Å²) in [6.07, 6.45) is 2.83. The van der Waals surface area contributed by atoms with Crippen molar-refractivity contribution in [1.82, 2.24) is 9.55 Å². The zero-order valence-corrected chi connectivity index (χ0v) is 21.8. The summed E-state index contributed by atoms with van der Waals surface area (Å²) in [5, 5.41) is 4.04. The van der Waals surface area contributed by atoms with Gasteiger partial charge in [0, 0.05) is 21.5 Å². The van der Waals surface area contributed by atoms with Gasteiger partial charge in [0.15, 0.2) is 5.16 Å². The first-order valence-corrected chi connectivity index (χ1v) is 13.7. The average molecular weight is 512 g/mol. The summed E-state index contributed by atoms with van der Waals surface area (Å²) < 4.78 is 6.95. The van der Waals surface area contributed by atoms with Crippen LogP contribution in [-0.4, -0.2) is 34.6 Å². The zero-order chi connectivity index (χ0) is 24.2. The van der Waals surface area contributed by atoms with E-state index >= 15 is 0 Å². The summed E-state index contributed by atoms with van der Waals surface area (Å²) >= 11 is 4.40. The van der Waals surface area contributed by atoms with Crippen LogP contribution >= 0.6 is 34.9 Å². The maximum absolute atomic E-state index is 13.7. The third kappa shape index (κ3) is 5.01. The van der Waals surface area contributed by atoms with Crippen molar-refractivity contribution in [3.8, 4) is 11.4 Å². The largest absolute Gasteiger partial charge is 0.497 e. The second-order valence-electron chi connectivity index (χ2n) is 7.49. The van der Waals surface area contributed by atoms with Gasteiger partial charge in [0.1, 0.15) is 10.6 Å². The molecule has 0 aliphatic carbocycles. The number of thioether (sulfide) groups is 2. The van der Waals surface area contributed by atoms with Crippen molar-refractivity contribution in [3.63, 3.8) is 0 Å². The Hall–Kier alpha value is -2.75. The van der Waals surface area contributed by atoms with Gasteiger partial charge in [-0.15, -0.1) is 23.1 Å². The minimum atomic E-state index is -0.161. The molecule has 4 aromatic rings. The van der Waals surface area contributed by atoms with Gasteiger partial charge >= 0.3 is 0 Å². The Morgan fingerprint density at radius 1 is 1.21 bits per heavy atom. The molecule has 0 fully saturated rings. The first-order chi connectivity index (χ1) is 16.4. The first kappa shape index (κ1) is 24.4. The highest BCUT2D eigenvalue weighted by Gasteiger charge is 2.20. The average Bonchev–Trinajstić information content (AvgIpc) is 3.18. The summed E-state index contributed by atoms with van der Waals surface area (Å²) in [4.78, 5) is 34.1. The molecule has 0 atom stereocenters. The highest BCUT2D eigenvalue weighted by Crippen LogP contribution is 2.31. The number of fused-ring (bicyclic) bond motifs is 1. The molecular weight excluding hydrogens is 486 g/mol. The number of ether oxygens (including phenoxy) is 1. The number of nitrogens with one attached hydrogen (secondary N) is 1. The van der Waals surface area contributed by atoms with Gasteiger partial charge in [0.2, 0.25) is 5.91 Å². The topological polar surface area (TPSA) is 73.2 Å². The van der Waals surface area contributed by atoms with Crippen LogP contribution in [0.15, 0.2) is 63.4 Å². The normalized spacial score (nSPS) is 11.1. The predicted molar refractivity (Wildman–Crippen MR) is 143 cm³/mol. The first-order valence-electron chi connectivity index (χ1n) is 10.7. The van der Waals surface area contributed by atoms with Gasteiger partial charge in [-0.3, -0.25) is 14.2 Å². The molecule has 1 N–H and O–H groups in total. The smallest absolute Gasteiger partial charge is 0.267 e. The van der Waals surface area contributed by atoms with Gasteiger partial charge < -0.3 is 10.1 Å². The molecule has 34 heavy (non-hydrogen) atoms. The molecule has 0 spiro atoms. The summed E-state index contributed by atoms with van der Waals surface area (Å²) in [5.41, 5.74) is 2.23. The second-order valence-corrected chi connectivity index (χ2v) is 10.4. The Balaban J connectivity index is 1.71. The van der Waals surface area contributed by atoms with Crippen LogP contribution in [0.3, 0.4) is 0 Å². The van der Waals surface area contributed by atoms with E-state index in [1.54, 1.807) is 29.5 Å². The molecule has 2 aromatic carbocycles. The molecule has 0 bridgehead atoms. The van der Waals surface area contributed by atoms with Crippen LogP contribution in [0.25, 0.3) is 15.9 Å². The number of nitrogens with zero attached hydrogens (tertiary/aromatic N) is 2. The summed E-state index contributed by atoms with van der Waals surface area (Å²) in [6.45, 7) is 4.05.